The highest BCUT2D eigenvalue weighted by molar-refractivity contribution is 7.13. The quantitative estimate of drug-likeness (QED) is 0.729. The van der Waals surface area contributed by atoms with E-state index in [1.165, 1.54) is 18.4 Å². The van der Waals surface area contributed by atoms with E-state index in [4.69, 9.17) is 4.52 Å². The van der Waals surface area contributed by atoms with Gasteiger partial charge in [0.25, 0.3) is 0 Å². The Morgan fingerprint density at radius 2 is 2.40 bits per heavy atom. The SMILES string of the molecule is COC(=O)c1c(-c2cncs2)noc1C. The molecule has 0 amide bonds. The second kappa shape index (κ2) is 3.82. The lowest BCUT2D eigenvalue weighted by Crippen LogP contribution is -2.03. The van der Waals surface area contributed by atoms with E-state index >= 15 is 0 Å². The number of thiazole rings is 1. The average Bonchev–Trinajstić information content (AvgIpc) is 2.85. The van der Waals surface area contributed by atoms with Crippen molar-refractivity contribution in [3.63, 3.8) is 0 Å². The minimum absolute atomic E-state index is 0.363. The Bertz CT molecular complexity index is 476. The number of rotatable bonds is 2. The molecule has 6 heteroatoms. The van der Waals surface area contributed by atoms with Crippen LogP contribution >= 0.6 is 11.3 Å². The fourth-order valence-electron chi connectivity index (χ4n) is 1.22. The number of hydrogen-bond donors (Lipinski definition) is 0. The highest BCUT2D eigenvalue weighted by Gasteiger charge is 2.22. The molecule has 0 radical (unpaired) electrons. The third-order valence-electron chi connectivity index (χ3n) is 1.92. The molecule has 0 aliphatic rings. The summed E-state index contributed by atoms with van der Waals surface area (Å²) in [7, 11) is 1.32. The lowest BCUT2D eigenvalue weighted by molar-refractivity contribution is 0.0599. The van der Waals surface area contributed by atoms with Crippen molar-refractivity contribution >= 4 is 17.3 Å². The van der Waals surface area contributed by atoms with Crippen LogP contribution in [-0.2, 0) is 4.74 Å². The molecular formula is C9H8N2O3S. The Balaban J connectivity index is 2.54. The summed E-state index contributed by atoms with van der Waals surface area (Å²) < 4.78 is 9.63. The van der Waals surface area contributed by atoms with E-state index in [2.05, 4.69) is 14.9 Å². The molecule has 0 spiro atoms. The maximum atomic E-state index is 11.5. The molecule has 2 aromatic heterocycles. The van der Waals surface area contributed by atoms with Gasteiger partial charge < -0.3 is 9.26 Å². The maximum absolute atomic E-state index is 11.5. The molecule has 0 aromatic carbocycles. The van der Waals surface area contributed by atoms with E-state index in [1.54, 1.807) is 18.6 Å². The van der Waals surface area contributed by atoms with Gasteiger partial charge in [0.05, 0.1) is 17.5 Å². The second-order valence-electron chi connectivity index (χ2n) is 2.82. The molecule has 0 fully saturated rings. The molecule has 15 heavy (non-hydrogen) atoms. The number of aromatic nitrogens is 2. The predicted octanol–water partition coefficient (Wildman–Crippen LogP) is 1.89. The number of methoxy groups -OCH3 is 1. The zero-order valence-corrected chi connectivity index (χ0v) is 9.00. The van der Waals surface area contributed by atoms with Gasteiger partial charge in [-0.1, -0.05) is 5.16 Å². The summed E-state index contributed by atoms with van der Waals surface area (Å²) in [4.78, 5) is 16.2. The molecule has 2 aromatic rings. The van der Waals surface area contributed by atoms with Gasteiger partial charge in [-0.3, -0.25) is 4.98 Å². The topological polar surface area (TPSA) is 65.2 Å². The molecule has 0 saturated carbocycles. The van der Waals surface area contributed by atoms with Gasteiger partial charge in [0.15, 0.2) is 0 Å². The van der Waals surface area contributed by atoms with Crippen LogP contribution in [0, 0.1) is 6.92 Å². The van der Waals surface area contributed by atoms with E-state index < -0.39 is 5.97 Å². The third-order valence-corrected chi connectivity index (χ3v) is 2.70. The van der Waals surface area contributed by atoms with Gasteiger partial charge in [-0.15, -0.1) is 11.3 Å². The van der Waals surface area contributed by atoms with E-state index in [0.717, 1.165) is 4.88 Å². The Morgan fingerprint density at radius 3 is 3.00 bits per heavy atom. The lowest BCUT2D eigenvalue weighted by Gasteiger charge is -1.97. The normalized spacial score (nSPS) is 10.3. The molecule has 0 atom stereocenters. The Hall–Kier alpha value is -1.69. The van der Waals surface area contributed by atoms with Crippen LogP contribution in [0.3, 0.4) is 0 Å². The van der Waals surface area contributed by atoms with Gasteiger partial charge in [-0.2, -0.15) is 0 Å². The number of carbonyl (C=O) groups excluding carboxylic acids is 1. The highest BCUT2D eigenvalue weighted by atomic mass is 32.1. The Kier molecular flexibility index (Phi) is 2.51. The van der Waals surface area contributed by atoms with Crippen molar-refractivity contribution in [2.75, 3.05) is 7.11 Å². The summed E-state index contributed by atoms with van der Waals surface area (Å²) in [5.74, 6) is 0.00222. The first-order valence-electron chi connectivity index (χ1n) is 4.17. The summed E-state index contributed by atoms with van der Waals surface area (Å²) in [5, 5.41) is 3.82. The molecule has 2 rings (SSSR count). The van der Waals surface area contributed by atoms with Crippen LogP contribution in [0.5, 0.6) is 0 Å². The largest absolute Gasteiger partial charge is 0.465 e. The second-order valence-corrected chi connectivity index (χ2v) is 3.71. The van der Waals surface area contributed by atoms with Gasteiger partial charge in [0.1, 0.15) is 17.0 Å². The number of ether oxygens (including phenoxy) is 1. The summed E-state index contributed by atoms with van der Waals surface area (Å²) in [6.07, 6.45) is 1.63. The summed E-state index contributed by atoms with van der Waals surface area (Å²) >= 11 is 1.39. The molecule has 78 valence electrons. The predicted molar refractivity (Wildman–Crippen MR) is 53.7 cm³/mol. The summed E-state index contributed by atoms with van der Waals surface area (Å²) in [6, 6.07) is 0. The van der Waals surface area contributed by atoms with Crippen LogP contribution in [0.15, 0.2) is 16.2 Å². The first-order valence-corrected chi connectivity index (χ1v) is 5.05. The fraction of sp³-hybridized carbons (Fsp3) is 0.222. The monoisotopic (exact) mass is 224 g/mol. The van der Waals surface area contributed by atoms with Gasteiger partial charge in [0, 0.05) is 6.20 Å². The number of aryl methyl sites for hydroxylation is 1. The lowest BCUT2D eigenvalue weighted by atomic mass is 10.2. The molecule has 5 nitrogen and oxygen atoms in total. The Morgan fingerprint density at radius 1 is 1.60 bits per heavy atom. The van der Waals surface area contributed by atoms with Crippen LogP contribution in [-0.4, -0.2) is 23.2 Å². The summed E-state index contributed by atoms with van der Waals surface area (Å²) in [5.41, 5.74) is 2.52. The molecule has 0 unspecified atom stereocenters. The van der Waals surface area contributed by atoms with E-state index in [9.17, 15) is 4.79 Å². The minimum atomic E-state index is -0.447. The number of esters is 1. The smallest absolute Gasteiger partial charge is 0.343 e. The molecular weight excluding hydrogens is 216 g/mol. The standard InChI is InChI=1S/C9H8N2O3S/c1-5-7(9(12)13-2)8(11-14-5)6-3-10-4-15-6/h3-4H,1-2H3. The van der Waals surface area contributed by atoms with Crippen LogP contribution in [0.1, 0.15) is 16.1 Å². The van der Waals surface area contributed by atoms with Crippen molar-refractivity contribution in [1.29, 1.82) is 0 Å². The fourth-order valence-corrected chi connectivity index (χ4v) is 1.82. The average molecular weight is 224 g/mol. The van der Waals surface area contributed by atoms with Crippen LogP contribution in [0.4, 0.5) is 0 Å². The summed E-state index contributed by atoms with van der Waals surface area (Å²) in [6.45, 7) is 1.67. The first kappa shape index (κ1) is 9.85. The van der Waals surface area contributed by atoms with Gasteiger partial charge in [-0.05, 0) is 6.92 Å². The van der Waals surface area contributed by atoms with E-state index in [1.807, 2.05) is 0 Å². The molecule has 0 aliphatic heterocycles. The van der Waals surface area contributed by atoms with Crippen LogP contribution in [0.25, 0.3) is 10.6 Å². The van der Waals surface area contributed by atoms with Crippen LogP contribution in [0.2, 0.25) is 0 Å². The van der Waals surface area contributed by atoms with Gasteiger partial charge >= 0.3 is 5.97 Å². The van der Waals surface area contributed by atoms with Crippen molar-refractivity contribution in [3.05, 3.63) is 23.0 Å². The van der Waals surface area contributed by atoms with Gasteiger partial charge in [-0.25, -0.2) is 4.79 Å². The first-order chi connectivity index (χ1) is 7.24. The highest BCUT2D eigenvalue weighted by Crippen LogP contribution is 2.28. The molecule has 0 N–H and O–H groups in total. The molecule has 0 bridgehead atoms. The molecule has 0 aliphatic carbocycles. The molecule has 2 heterocycles. The van der Waals surface area contributed by atoms with Crippen molar-refractivity contribution in [2.45, 2.75) is 6.92 Å². The van der Waals surface area contributed by atoms with Crippen LogP contribution < -0.4 is 0 Å². The van der Waals surface area contributed by atoms with Crippen molar-refractivity contribution < 1.29 is 14.1 Å². The van der Waals surface area contributed by atoms with Crippen molar-refractivity contribution in [3.8, 4) is 10.6 Å². The van der Waals surface area contributed by atoms with Crippen molar-refractivity contribution in [1.82, 2.24) is 10.1 Å². The third kappa shape index (κ3) is 1.63. The Labute approximate surface area is 89.7 Å². The number of nitrogens with zero attached hydrogens (tertiary/aromatic N) is 2. The number of carbonyl (C=O) groups is 1. The van der Waals surface area contributed by atoms with E-state index in [-0.39, 0.29) is 0 Å². The molecule has 0 saturated heterocycles. The van der Waals surface area contributed by atoms with E-state index in [0.29, 0.717) is 17.0 Å². The van der Waals surface area contributed by atoms with Crippen molar-refractivity contribution in [2.24, 2.45) is 0 Å². The minimum Gasteiger partial charge on any atom is -0.465 e. The zero-order valence-electron chi connectivity index (χ0n) is 8.18. The zero-order chi connectivity index (χ0) is 10.8. The van der Waals surface area contributed by atoms with Gasteiger partial charge in [0.2, 0.25) is 0 Å². The maximum Gasteiger partial charge on any atom is 0.343 e. The number of hydrogen-bond acceptors (Lipinski definition) is 6.